The first kappa shape index (κ1) is 15.8. The third-order valence-electron chi connectivity index (χ3n) is 3.51. The Morgan fingerprint density at radius 2 is 1.81 bits per heavy atom. The van der Waals surface area contributed by atoms with Crippen LogP contribution in [0.5, 0.6) is 0 Å². The summed E-state index contributed by atoms with van der Waals surface area (Å²) in [4.78, 5) is 10.2. The van der Waals surface area contributed by atoms with Gasteiger partial charge in [-0.25, -0.2) is 9.97 Å². The summed E-state index contributed by atoms with van der Waals surface area (Å²) < 4.78 is 0. The molecule has 0 aromatic carbocycles. The number of nitrogens with zero attached hydrogens (tertiary/aromatic N) is 2. The van der Waals surface area contributed by atoms with Crippen LogP contribution in [0.2, 0.25) is 0 Å². The summed E-state index contributed by atoms with van der Waals surface area (Å²) in [6.45, 7) is 8.79. The quantitative estimate of drug-likeness (QED) is 0.824. The molecule has 2 aromatic heterocycles. The van der Waals surface area contributed by atoms with E-state index in [1.54, 1.807) is 17.7 Å². The van der Waals surface area contributed by atoms with E-state index in [4.69, 9.17) is 0 Å². The molecule has 4 nitrogen and oxygen atoms in total. The highest BCUT2D eigenvalue weighted by atomic mass is 32.1. The second kappa shape index (κ2) is 6.89. The van der Waals surface area contributed by atoms with Gasteiger partial charge in [-0.2, -0.15) is 0 Å². The molecule has 0 spiro atoms. The number of hydrogen-bond donors (Lipinski definition) is 2. The predicted octanol–water partition coefficient (Wildman–Crippen LogP) is 4.51. The zero-order valence-electron chi connectivity index (χ0n) is 13.3. The molecule has 2 N–H and O–H groups in total. The number of thiophene rings is 1. The van der Waals surface area contributed by atoms with Crippen LogP contribution in [0.3, 0.4) is 0 Å². The number of aromatic nitrogens is 2. The lowest BCUT2D eigenvalue weighted by Crippen LogP contribution is -2.18. The highest BCUT2D eigenvalue weighted by molar-refractivity contribution is 7.10. The van der Waals surface area contributed by atoms with Gasteiger partial charge < -0.3 is 10.6 Å². The van der Waals surface area contributed by atoms with Gasteiger partial charge in [0, 0.05) is 17.5 Å². The van der Waals surface area contributed by atoms with Crippen molar-refractivity contribution < 1.29 is 0 Å². The summed E-state index contributed by atoms with van der Waals surface area (Å²) >= 11 is 1.78. The fourth-order valence-electron chi connectivity index (χ4n) is 2.44. The highest BCUT2D eigenvalue weighted by Gasteiger charge is 2.21. The first-order chi connectivity index (χ1) is 10.0. The van der Waals surface area contributed by atoms with E-state index in [9.17, 15) is 0 Å². The van der Waals surface area contributed by atoms with Gasteiger partial charge >= 0.3 is 0 Å². The minimum atomic E-state index is 0.266. The second-order valence-corrected chi connectivity index (χ2v) is 6.75. The molecule has 1 unspecified atom stereocenters. The summed E-state index contributed by atoms with van der Waals surface area (Å²) in [5, 5.41) is 8.91. The predicted molar refractivity (Wildman–Crippen MR) is 91.2 cm³/mol. The van der Waals surface area contributed by atoms with Gasteiger partial charge in [0.25, 0.3) is 0 Å². The van der Waals surface area contributed by atoms with Crippen LogP contribution in [-0.2, 0) is 0 Å². The van der Waals surface area contributed by atoms with Crippen LogP contribution in [0, 0.1) is 5.92 Å². The lowest BCUT2D eigenvalue weighted by Gasteiger charge is -2.25. The minimum absolute atomic E-state index is 0.266. The van der Waals surface area contributed by atoms with Crippen LogP contribution in [0.25, 0.3) is 0 Å². The van der Waals surface area contributed by atoms with E-state index in [2.05, 4.69) is 65.8 Å². The molecule has 2 aromatic rings. The number of hydrogen-bond acceptors (Lipinski definition) is 5. The van der Waals surface area contributed by atoms with Gasteiger partial charge in [0.15, 0.2) is 0 Å². The lowest BCUT2D eigenvalue weighted by molar-refractivity contribution is 0.550. The molecule has 2 heterocycles. The SMILES string of the molecule is CNc1ncnc(NC(c2cccs2)C(C)C)c1C(C)C. The summed E-state index contributed by atoms with van der Waals surface area (Å²) in [5.74, 6) is 2.66. The van der Waals surface area contributed by atoms with Crippen molar-refractivity contribution >= 4 is 23.0 Å². The molecular weight excluding hydrogens is 280 g/mol. The zero-order chi connectivity index (χ0) is 15.4. The number of anilines is 2. The molecule has 0 aliphatic heterocycles. The summed E-state index contributed by atoms with van der Waals surface area (Å²) in [5.41, 5.74) is 1.14. The van der Waals surface area contributed by atoms with Crippen LogP contribution in [0.15, 0.2) is 23.8 Å². The largest absolute Gasteiger partial charge is 0.373 e. The van der Waals surface area contributed by atoms with Crippen LogP contribution in [0.1, 0.15) is 50.1 Å². The Labute approximate surface area is 131 Å². The van der Waals surface area contributed by atoms with Crippen LogP contribution in [-0.4, -0.2) is 17.0 Å². The van der Waals surface area contributed by atoms with Crippen molar-refractivity contribution in [3.63, 3.8) is 0 Å². The monoisotopic (exact) mass is 304 g/mol. The van der Waals surface area contributed by atoms with Crippen molar-refractivity contribution in [1.82, 2.24) is 9.97 Å². The first-order valence-corrected chi connectivity index (χ1v) is 8.25. The maximum Gasteiger partial charge on any atom is 0.135 e. The van der Waals surface area contributed by atoms with Gasteiger partial charge in [-0.05, 0) is 23.3 Å². The number of rotatable bonds is 6. The van der Waals surface area contributed by atoms with Gasteiger partial charge in [-0.3, -0.25) is 0 Å². The van der Waals surface area contributed by atoms with Gasteiger partial charge in [0.05, 0.1) is 6.04 Å². The molecular formula is C16H24N4S. The van der Waals surface area contributed by atoms with Crippen molar-refractivity contribution in [2.24, 2.45) is 5.92 Å². The van der Waals surface area contributed by atoms with Gasteiger partial charge in [-0.15, -0.1) is 11.3 Å². The Bertz CT molecular complexity index is 564. The zero-order valence-corrected chi connectivity index (χ0v) is 14.2. The molecule has 0 saturated heterocycles. The molecule has 0 amide bonds. The van der Waals surface area contributed by atoms with Crippen LogP contribution >= 0.6 is 11.3 Å². The standard InChI is InChI=1S/C16H24N4S/c1-10(2)13-15(17-5)18-9-19-16(13)20-14(11(3)4)12-7-6-8-21-12/h6-11,14H,1-5H3,(H2,17,18,19,20). The summed E-state index contributed by atoms with van der Waals surface area (Å²) in [6.07, 6.45) is 1.62. The fraction of sp³-hybridized carbons (Fsp3) is 0.500. The molecule has 114 valence electrons. The Kier molecular flexibility index (Phi) is 5.17. The molecule has 0 aliphatic rings. The average molecular weight is 304 g/mol. The molecule has 21 heavy (non-hydrogen) atoms. The van der Waals surface area contributed by atoms with E-state index in [-0.39, 0.29) is 6.04 Å². The Morgan fingerprint density at radius 1 is 1.10 bits per heavy atom. The van der Waals surface area contributed by atoms with Crippen LogP contribution < -0.4 is 10.6 Å². The number of nitrogens with one attached hydrogen (secondary N) is 2. The lowest BCUT2D eigenvalue weighted by atomic mass is 10.0. The third kappa shape index (κ3) is 3.53. The second-order valence-electron chi connectivity index (χ2n) is 5.77. The van der Waals surface area contributed by atoms with Gasteiger partial charge in [0.2, 0.25) is 0 Å². The van der Waals surface area contributed by atoms with Gasteiger partial charge in [0.1, 0.15) is 18.0 Å². The maximum atomic E-state index is 4.48. The van der Waals surface area contributed by atoms with Crippen molar-refractivity contribution in [2.75, 3.05) is 17.7 Å². The summed E-state index contributed by atoms with van der Waals surface area (Å²) in [7, 11) is 1.90. The third-order valence-corrected chi connectivity index (χ3v) is 4.46. The smallest absolute Gasteiger partial charge is 0.135 e. The molecule has 0 aliphatic carbocycles. The Balaban J connectivity index is 2.37. The normalized spacial score (nSPS) is 12.7. The molecule has 0 radical (unpaired) electrons. The maximum absolute atomic E-state index is 4.48. The fourth-order valence-corrected chi connectivity index (χ4v) is 3.39. The highest BCUT2D eigenvalue weighted by Crippen LogP contribution is 2.34. The van der Waals surface area contributed by atoms with Crippen molar-refractivity contribution in [3.8, 4) is 0 Å². The van der Waals surface area contributed by atoms with E-state index in [0.29, 0.717) is 11.8 Å². The molecule has 5 heteroatoms. The van der Waals surface area contributed by atoms with E-state index >= 15 is 0 Å². The minimum Gasteiger partial charge on any atom is -0.373 e. The Hall–Kier alpha value is -1.62. The van der Waals surface area contributed by atoms with Crippen molar-refractivity contribution in [2.45, 2.75) is 39.7 Å². The molecule has 1 atom stereocenters. The molecule has 0 fully saturated rings. The van der Waals surface area contributed by atoms with E-state index in [1.807, 2.05) is 7.05 Å². The topological polar surface area (TPSA) is 49.8 Å². The molecule has 0 bridgehead atoms. The Morgan fingerprint density at radius 3 is 2.33 bits per heavy atom. The van der Waals surface area contributed by atoms with Crippen LogP contribution in [0.4, 0.5) is 11.6 Å². The summed E-state index contributed by atoms with van der Waals surface area (Å²) in [6, 6.07) is 4.54. The molecule has 2 rings (SSSR count). The van der Waals surface area contributed by atoms with Gasteiger partial charge in [-0.1, -0.05) is 33.8 Å². The molecule has 0 saturated carbocycles. The van der Waals surface area contributed by atoms with E-state index in [1.165, 1.54) is 4.88 Å². The van der Waals surface area contributed by atoms with E-state index < -0.39 is 0 Å². The van der Waals surface area contributed by atoms with E-state index in [0.717, 1.165) is 17.2 Å². The van der Waals surface area contributed by atoms with Crippen molar-refractivity contribution in [3.05, 3.63) is 34.3 Å². The van der Waals surface area contributed by atoms with Crippen molar-refractivity contribution in [1.29, 1.82) is 0 Å². The first-order valence-electron chi connectivity index (χ1n) is 7.37. The average Bonchev–Trinajstić information content (AvgIpc) is 2.97.